The van der Waals surface area contributed by atoms with Crippen LogP contribution in [0.5, 0.6) is 11.5 Å². The quantitative estimate of drug-likeness (QED) is 0.362. The number of aromatic nitrogens is 1. The van der Waals surface area contributed by atoms with Crippen molar-refractivity contribution in [2.75, 3.05) is 26.2 Å². The Morgan fingerprint density at radius 3 is 2.54 bits per heavy atom. The third-order valence-electron chi connectivity index (χ3n) is 6.62. The van der Waals surface area contributed by atoms with E-state index in [1.54, 1.807) is 0 Å². The molecule has 0 unspecified atom stereocenters. The monoisotopic (exact) mass is 530 g/mol. The minimum atomic E-state index is -0.846. The number of aromatic amines is 1. The smallest absolute Gasteiger partial charge is 0.325 e. The van der Waals surface area contributed by atoms with E-state index in [-0.39, 0.29) is 0 Å². The number of hydrogen-bond acceptors (Lipinski definition) is 5. The Kier molecular flexibility index (Phi) is 5.54. The number of rotatable bonds is 3. The van der Waals surface area contributed by atoms with E-state index in [0.29, 0.717) is 26.2 Å². The van der Waals surface area contributed by atoms with Crippen LogP contribution < -0.4 is 4.74 Å². The molecule has 0 saturated carbocycles. The van der Waals surface area contributed by atoms with E-state index in [1.807, 2.05) is 77.8 Å². The number of ether oxygens (including phenoxy) is 1. The van der Waals surface area contributed by atoms with Crippen LogP contribution in [0.15, 0.2) is 82.4 Å². The fraction of sp³-hybridized carbons (Fsp3) is 0.185. The second-order valence-electron chi connectivity index (χ2n) is 8.70. The Labute approximate surface area is 210 Å². The molecule has 0 bridgehead atoms. The summed E-state index contributed by atoms with van der Waals surface area (Å²) in [7, 11) is 0. The van der Waals surface area contributed by atoms with Gasteiger partial charge in [-0.25, -0.2) is 4.99 Å². The molecule has 1 saturated heterocycles. The Hall–Kier alpha value is -3.62. The fourth-order valence-corrected chi connectivity index (χ4v) is 5.30. The zero-order chi connectivity index (χ0) is 23.9. The molecule has 2 aliphatic rings. The van der Waals surface area contributed by atoms with Gasteiger partial charge in [-0.05, 0) is 36.4 Å². The van der Waals surface area contributed by atoms with Crippen LogP contribution in [-0.2, 0) is 4.79 Å². The summed E-state index contributed by atoms with van der Waals surface area (Å²) in [5, 5.41) is 11.1. The number of halogens is 1. The second-order valence-corrected chi connectivity index (χ2v) is 9.61. The average molecular weight is 531 g/mol. The zero-order valence-electron chi connectivity index (χ0n) is 18.8. The number of carboxylic acid groups (broad SMARTS) is 1. The Bertz CT molecular complexity index is 1460. The summed E-state index contributed by atoms with van der Waals surface area (Å²) < 4.78 is 7.13. The van der Waals surface area contributed by atoms with E-state index in [1.165, 1.54) is 0 Å². The number of aliphatic imine (C=N–C) groups is 1. The number of piperazine rings is 1. The van der Waals surface area contributed by atoms with Gasteiger partial charge in [0.15, 0.2) is 5.75 Å². The Morgan fingerprint density at radius 2 is 1.74 bits per heavy atom. The van der Waals surface area contributed by atoms with Crippen LogP contribution in [0.2, 0.25) is 0 Å². The van der Waals surface area contributed by atoms with Gasteiger partial charge in [0.2, 0.25) is 0 Å². The lowest BCUT2D eigenvalue weighted by atomic mass is 10.0. The normalized spacial score (nSPS) is 16.6. The number of amidine groups is 1. The topological polar surface area (TPSA) is 81.2 Å². The SMILES string of the molecule is O=C(O)[C@H](c1c[nH]c2cc(Br)ccc12)N1CCN(C2=Nc3ccccc3Oc3ccccc32)CC1. The zero-order valence-corrected chi connectivity index (χ0v) is 20.4. The highest BCUT2D eigenvalue weighted by Gasteiger charge is 2.34. The molecule has 7 nitrogen and oxygen atoms in total. The average Bonchev–Trinajstić information content (AvgIpc) is 3.18. The summed E-state index contributed by atoms with van der Waals surface area (Å²) in [6, 6.07) is 20.8. The van der Waals surface area contributed by atoms with Crippen molar-refractivity contribution in [3.63, 3.8) is 0 Å². The maximum Gasteiger partial charge on any atom is 0.325 e. The van der Waals surface area contributed by atoms with Crippen LogP contribution in [-0.4, -0.2) is 57.9 Å². The molecule has 4 aromatic rings. The van der Waals surface area contributed by atoms with Crippen molar-refractivity contribution < 1.29 is 14.6 Å². The molecule has 2 aliphatic heterocycles. The summed E-state index contributed by atoms with van der Waals surface area (Å²) in [4.78, 5) is 24.9. The van der Waals surface area contributed by atoms with Gasteiger partial charge in [-0.1, -0.05) is 46.3 Å². The highest BCUT2D eigenvalue weighted by molar-refractivity contribution is 9.10. The number of nitrogens with zero attached hydrogens (tertiary/aromatic N) is 3. The molecule has 3 aromatic carbocycles. The molecule has 0 radical (unpaired) electrons. The maximum absolute atomic E-state index is 12.4. The van der Waals surface area contributed by atoms with Crippen molar-refractivity contribution in [1.82, 2.24) is 14.8 Å². The number of aliphatic carboxylic acids is 1. The summed E-state index contributed by atoms with van der Waals surface area (Å²) >= 11 is 3.48. The third-order valence-corrected chi connectivity index (χ3v) is 7.12. The van der Waals surface area contributed by atoms with Crippen LogP contribution in [0, 0.1) is 0 Å². The van der Waals surface area contributed by atoms with Gasteiger partial charge in [0.25, 0.3) is 0 Å². The minimum absolute atomic E-state index is 0.601. The molecule has 8 heteroatoms. The molecular weight excluding hydrogens is 508 g/mol. The van der Waals surface area contributed by atoms with Gasteiger partial charge in [-0.15, -0.1) is 0 Å². The van der Waals surface area contributed by atoms with Crippen molar-refractivity contribution in [2.45, 2.75) is 6.04 Å². The Balaban J connectivity index is 1.29. The largest absolute Gasteiger partial charge is 0.480 e. The van der Waals surface area contributed by atoms with Crippen LogP contribution >= 0.6 is 15.9 Å². The number of H-pyrrole nitrogens is 1. The molecule has 35 heavy (non-hydrogen) atoms. The maximum atomic E-state index is 12.4. The highest BCUT2D eigenvalue weighted by Crippen LogP contribution is 2.38. The van der Waals surface area contributed by atoms with E-state index in [2.05, 4.69) is 25.8 Å². The molecular formula is C27H23BrN4O3. The molecule has 1 atom stereocenters. The second kappa shape index (κ2) is 8.87. The first-order valence-corrected chi connectivity index (χ1v) is 12.3. The summed E-state index contributed by atoms with van der Waals surface area (Å²) in [5.41, 5.74) is 3.43. The lowest BCUT2D eigenvalue weighted by molar-refractivity contribution is -0.144. The predicted octanol–water partition coefficient (Wildman–Crippen LogP) is 5.56. The van der Waals surface area contributed by atoms with E-state index in [9.17, 15) is 9.90 Å². The first kappa shape index (κ1) is 21.9. The lowest BCUT2D eigenvalue weighted by Gasteiger charge is -2.39. The van der Waals surface area contributed by atoms with Gasteiger partial charge >= 0.3 is 5.97 Å². The number of para-hydroxylation sites is 3. The minimum Gasteiger partial charge on any atom is -0.480 e. The van der Waals surface area contributed by atoms with Crippen LogP contribution in [0.25, 0.3) is 10.9 Å². The van der Waals surface area contributed by atoms with E-state index in [0.717, 1.165) is 49.5 Å². The molecule has 3 heterocycles. The van der Waals surface area contributed by atoms with E-state index < -0.39 is 12.0 Å². The van der Waals surface area contributed by atoms with Crippen molar-refractivity contribution in [3.05, 3.63) is 88.5 Å². The molecule has 1 fully saturated rings. The van der Waals surface area contributed by atoms with Crippen LogP contribution in [0.4, 0.5) is 5.69 Å². The van der Waals surface area contributed by atoms with Gasteiger partial charge in [-0.2, -0.15) is 0 Å². The van der Waals surface area contributed by atoms with Crippen molar-refractivity contribution in [3.8, 4) is 11.5 Å². The predicted molar refractivity (Wildman–Crippen MR) is 139 cm³/mol. The molecule has 0 aliphatic carbocycles. The number of fused-ring (bicyclic) bond motifs is 3. The highest BCUT2D eigenvalue weighted by atomic mass is 79.9. The summed E-state index contributed by atoms with van der Waals surface area (Å²) in [6.07, 6.45) is 1.82. The molecule has 176 valence electrons. The first-order chi connectivity index (χ1) is 17.1. The van der Waals surface area contributed by atoms with E-state index >= 15 is 0 Å². The number of carboxylic acids is 1. The number of carbonyl (C=O) groups is 1. The number of hydrogen-bond donors (Lipinski definition) is 2. The van der Waals surface area contributed by atoms with Gasteiger partial charge < -0.3 is 19.7 Å². The van der Waals surface area contributed by atoms with Crippen molar-refractivity contribution in [2.24, 2.45) is 4.99 Å². The van der Waals surface area contributed by atoms with Gasteiger partial charge in [0.1, 0.15) is 23.3 Å². The number of benzene rings is 3. The van der Waals surface area contributed by atoms with Crippen LogP contribution in [0.1, 0.15) is 17.2 Å². The standard InChI is InChI=1S/C27H23BrN4O3/c28-17-9-10-18-20(16-29-22(18)15-17)25(27(33)34)31-11-13-32(14-12-31)26-19-5-1-3-7-23(19)35-24-8-4-2-6-21(24)30-26/h1-10,15-16,25,29H,11-14H2,(H,33,34)/t25-/m0/s1. The van der Waals surface area contributed by atoms with Gasteiger partial charge in [-0.3, -0.25) is 9.69 Å². The molecule has 0 amide bonds. The van der Waals surface area contributed by atoms with Crippen molar-refractivity contribution >= 4 is 44.3 Å². The Morgan fingerprint density at radius 1 is 1.00 bits per heavy atom. The lowest BCUT2D eigenvalue weighted by Crippen LogP contribution is -2.51. The molecule has 1 aromatic heterocycles. The van der Waals surface area contributed by atoms with E-state index in [4.69, 9.17) is 9.73 Å². The summed E-state index contributed by atoms with van der Waals surface area (Å²) in [5.74, 6) is 1.51. The molecule has 0 spiro atoms. The number of nitrogens with one attached hydrogen (secondary N) is 1. The van der Waals surface area contributed by atoms with Crippen LogP contribution in [0.3, 0.4) is 0 Å². The molecule has 6 rings (SSSR count). The third kappa shape index (κ3) is 3.98. The molecule has 2 N–H and O–H groups in total. The van der Waals surface area contributed by atoms with Gasteiger partial charge in [0.05, 0.1) is 5.56 Å². The van der Waals surface area contributed by atoms with Gasteiger partial charge in [0, 0.05) is 53.3 Å². The first-order valence-electron chi connectivity index (χ1n) is 11.5. The summed E-state index contributed by atoms with van der Waals surface area (Å²) in [6.45, 7) is 2.52. The van der Waals surface area contributed by atoms with Crippen molar-refractivity contribution in [1.29, 1.82) is 0 Å². The fourth-order valence-electron chi connectivity index (χ4n) is 4.93.